The molecule has 14 nitrogen and oxygen atoms in total. The van der Waals surface area contributed by atoms with E-state index in [2.05, 4.69) is 10.6 Å². The van der Waals surface area contributed by atoms with Gasteiger partial charge in [-0.2, -0.15) is 0 Å². The highest BCUT2D eigenvalue weighted by molar-refractivity contribution is 5.95. The maximum Gasteiger partial charge on any atom is 0.326 e. The van der Waals surface area contributed by atoms with Crippen molar-refractivity contribution in [3.05, 3.63) is 0 Å². The molecule has 0 saturated heterocycles. The van der Waals surface area contributed by atoms with Gasteiger partial charge in [-0.05, 0) is 12.3 Å². The number of carboxylic acid groups (broad SMARTS) is 2. The SMILES string of the molecule is CCC(C)C(N)C(=O)NC(CO)C(=O)NC(CC(=O)O)C(=O)NC(CCC(N)=O)C(=O)O. The van der Waals surface area contributed by atoms with Gasteiger partial charge in [-0.1, -0.05) is 20.3 Å². The van der Waals surface area contributed by atoms with Gasteiger partial charge in [-0.15, -0.1) is 0 Å². The lowest BCUT2D eigenvalue weighted by molar-refractivity contribution is -0.144. The molecule has 0 aliphatic rings. The molecule has 14 heteroatoms. The topological polar surface area (TPSA) is 251 Å². The Labute approximate surface area is 184 Å². The van der Waals surface area contributed by atoms with Crippen molar-refractivity contribution in [3.63, 3.8) is 0 Å². The molecule has 0 fully saturated rings. The van der Waals surface area contributed by atoms with Gasteiger partial charge in [0.2, 0.25) is 23.6 Å². The molecule has 0 aliphatic carbocycles. The van der Waals surface area contributed by atoms with Gasteiger partial charge in [0.05, 0.1) is 19.1 Å². The molecule has 0 saturated carbocycles. The monoisotopic (exact) mass is 461 g/mol. The van der Waals surface area contributed by atoms with Crippen LogP contribution < -0.4 is 27.4 Å². The molecule has 0 aromatic heterocycles. The fourth-order valence-electron chi connectivity index (χ4n) is 2.45. The molecule has 0 spiro atoms. The number of aliphatic hydroxyl groups is 1. The Hall–Kier alpha value is -3.26. The van der Waals surface area contributed by atoms with Crippen LogP contribution >= 0.6 is 0 Å². The van der Waals surface area contributed by atoms with Gasteiger partial charge in [0.15, 0.2) is 0 Å². The summed E-state index contributed by atoms with van der Waals surface area (Å²) in [6.45, 7) is 2.64. The van der Waals surface area contributed by atoms with E-state index < -0.39 is 72.8 Å². The van der Waals surface area contributed by atoms with Gasteiger partial charge in [-0.25, -0.2) is 4.79 Å². The van der Waals surface area contributed by atoms with Gasteiger partial charge < -0.3 is 42.7 Å². The highest BCUT2D eigenvalue weighted by atomic mass is 16.4. The van der Waals surface area contributed by atoms with Crippen LogP contribution in [0.5, 0.6) is 0 Å². The van der Waals surface area contributed by atoms with Crippen molar-refractivity contribution in [2.45, 2.75) is 63.7 Å². The largest absolute Gasteiger partial charge is 0.481 e. The highest BCUT2D eigenvalue weighted by Crippen LogP contribution is 2.06. The Morgan fingerprint density at radius 2 is 1.38 bits per heavy atom. The lowest BCUT2D eigenvalue weighted by Crippen LogP contribution is -2.58. The molecule has 0 aliphatic heterocycles. The maximum atomic E-state index is 12.4. The van der Waals surface area contributed by atoms with Gasteiger partial charge in [0.1, 0.15) is 18.1 Å². The smallest absolute Gasteiger partial charge is 0.326 e. The number of carbonyl (C=O) groups excluding carboxylic acids is 4. The zero-order valence-electron chi connectivity index (χ0n) is 17.9. The number of primary amides is 1. The molecule has 32 heavy (non-hydrogen) atoms. The van der Waals surface area contributed by atoms with Crippen molar-refractivity contribution in [3.8, 4) is 0 Å². The first kappa shape index (κ1) is 28.7. The van der Waals surface area contributed by atoms with E-state index in [0.29, 0.717) is 6.42 Å². The average molecular weight is 461 g/mol. The summed E-state index contributed by atoms with van der Waals surface area (Å²) in [7, 11) is 0. The van der Waals surface area contributed by atoms with E-state index >= 15 is 0 Å². The number of nitrogens with one attached hydrogen (secondary N) is 3. The maximum absolute atomic E-state index is 12.4. The number of aliphatic carboxylic acids is 2. The summed E-state index contributed by atoms with van der Waals surface area (Å²) >= 11 is 0. The van der Waals surface area contributed by atoms with Crippen LogP contribution in [0.15, 0.2) is 0 Å². The predicted molar refractivity (Wildman–Crippen MR) is 109 cm³/mol. The fourth-order valence-corrected chi connectivity index (χ4v) is 2.45. The second-order valence-electron chi connectivity index (χ2n) is 7.22. The van der Waals surface area contributed by atoms with E-state index in [-0.39, 0.29) is 18.8 Å². The molecule has 0 radical (unpaired) electrons. The Morgan fingerprint density at radius 3 is 1.81 bits per heavy atom. The highest BCUT2D eigenvalue weighted by Gasteiger charge is 2.32. The number of aliphatic hydroxyl groups excluding tert-OH is 1. The quantitative estimate of drug-likeness (QED) is 0.120. The van der Waals surface area contributed by atoms with Crippen molar-refractivity contribution in [1.29, 1.82) is 0 Å². The van der Waals surface area contributed by atoms with Crippen LogP contribution in [0.3, 0.4) is 0 Å². The number of hydrogen-bond donors (Lipinski definition) is 8. The lowest BCUT2D eigenvalue weighted by atomic mass is 9.99. The van der Waals surface area contributed by atoms with E-state index in [4.69, 9.17) is 21.7 Å². The van der Waals surface area contributed by atoms with Crippen LogP contribution in [-0.2, 0) is 28.8 Å². The Morgan fingerprint density at radius 1 is 0.875 bits per heavy atom. The van der Waals surface area contributed by atoms with E-state index in [1.165, 1.54) is 0 Å². The third-order valence-corrected chi connectivity index (χ3v) is 4.68. The zero-order valence-corrected chi connectivity index (χ0v) is 17.9. The number of carboxylic acids is 2. The first-order valence-corrected chi connectivity index (χ1v) is 9.84. The van der Waals surface area contributed by atoms with Gasteiger partial charge in [-0.3, -0.25) is 24.0 Å². The van der Waals surface area contributed by atoms with Gasteiger partial charge in [0, 0.05) is 6.42 Å². The van der Waals surface area contributed by atoms with Gasteiger partial charge in [0.25, 0.3) is 0 Å². The van der Waals surface area contributed by atoms with E-state index in [0.717, 1.165) is 0 Å². The standard InChI is InChI=1S/C18H31N5O9/c1-3-8(2)14(20)17(30)23-11(7-24)16(29)22-10(6-13(26)27)15(28)21-9(18(31)32)4-5-12(19)25/h8-11,14,24H,3-7,20H2,1-2H3,(H2,19,25)(H,21,28)(H,22,29)(H,23,30)(H,26,27)(H,31,32). The summed E-state index contributed by atoms with van der Waals surface area (Å²) in [5.41, 5.74) is 10.7. The van der Waals surface area contributed by atoms with E-state index in [1.807, 2.05) is 5.32 Å². The van der Waals surface area contributed by atoms with Crippen molar-refractivity contribution in [2.24, 2.45) is 17.4 Å². The molecule has 0 aromatic carbocycles. The first-order chi connectivity index (χ1) is 14.8. The van der Waals surface area contributed by atoms with Crippen molar-refractivity contribution < 1.29 is 44.1 Å². The Kier molecular flexibility index (Phi) is 12.5. The number of hydrogen-bond acceptors (Lipinski definition) is 8. The second-order valence-corrected chi connectivity index (χ2v) is 7.22. The van der Waals surface area contributed by atoms with Crippen molar-refractivity contribution >= 4 is 35.6 Å². The fraction of sp³-hybridized carbons (Fsp3) is 0.667. The second kappa shape index (κ2) is 13.9. The minimum atomic E-state index is -1.73. The molecular formula is C18H31N5O9. The molecule has 182 valence electrons. The summed E-state index contributed by atoms with van der Waals surface area (Å²) < 4.78 is 0. The molecule has 5 unspecified atom stereocenters. The predicted octanol–water partition coefficient (Wildman–Crippen LogP) is -3.37. The van der Waals surface area contributed by atoms with Gasteiger partial charge >= 0.3 is 11.9 Å². The summed E-state index contributed by atoms with van der Waals surface area (Å²) in [4.78, 5) is 70.2. The lowest BCUT2D eigenvalue weighted by Gasteiger charge is -2.24. The molecule has 0 bridgehead atoms. The zero-order chi connectivity index (χ0) is 25.0. The van der Waals surface area contributed by atoms with E-state index in [1.54, 1.807) is 13.8 Å². The summed E-state index contributed by atoms with van der Waals surface area (Å²) in [5.74, 6) is -6.99. The summed E-state index contributed by atoms with van der Waals surface area (Å²) in [6, 6.07) is -5.80. The molecule has 0 aromatic rings. The number of carbonyl (C=O) groups is 6. The minimum Gasteiger partial charge on any atom is -0.481 e. The van der Waals surface area contributed by atoms with Crippen LogP contribution in [0.2, 0.25) is 0 Å². The molecule has 5 atom stereocenters. The molecule has 0 rings (SSSR count). The summed E-state index contributed by atoms with van der Waals surface area (Å²) in [5, 5.41) is 33.9. The minimum absolute atomic E-state index is 0.226. The number of nitrogens with two attached hydrogens (primary N) is 2. The van der Waals surface area contributed by atoms with E-state index in [9.17, 15) is 33.9 Å². The third-order valence-electron chi connectivity index (χ3n) is 4.68. The van der Waals surface area contributed by atoms with Crippen LogP contribution in [0.25, 0.3) is 0 Å². The molecule has 4 amide bonds. The number of amides is 4. The molecular weight excluding hydrogens is 430 g/mol. The molecule has 10 N–H and O–H groups in total. The molecule has 0 heterocycles. The van der Waals surface area contributed by atoms with Crippen LogP contribution in [0.4, 0.5) is 0 Å². The number of rotatable bonds is 15. The first-order valence-electron chi connectivity index (χ1n) is 9.84. The van der Waals surface area contributed by atoms with Crippen LogP contribution in [-0.4, -0.2) is 81.7 Å². The normalized spacial score (nSPS) is 15.4. The average Bonchev–Trinajstić information content (AvgIpc) is 2.71. The van der Waals surface area contributed by atoms with Crippen molar-refractivity contribution in [1.82, 2.24) is 16.0 Å². The third kappa shape index (κ3) is 10.2. The Balaban J connectivity index is 5.33. The Bertz CT molecular complexity index is 715. The van der Waals surface area contributed by atoms with Crippen LogP contribution in [0, 0.1) is 5.92 Å². The van der Waals surface area contributed by atoms with Crippen molar-refractivity contribution in [2.75, 3.05) is 6.61 Å². The van der Waals surface area contributed by atoms with Crippen LogP contribution in [0.1, 0.15) is 39.5 Å². The summed E-state index contributed by atoms with van der Waals surface area (Å²) in [6.07, 6.45) is -1.06.